The van der Waals surface area contributed by atoms with Gasteiger partial charge in [-0.2, -0.15) is 0 Å². The van der Waals surface area contributed by atoms with E-state index >= 15 is 0 Å². The van der Waals surface area contributed by atoms with Gasteiger partial charge in [-0.15, -0.1) is 0 Å². The molecule has 0 amide bonds. The predicted octanol–water partition coefficient (Wildman–Crippen LogP) is 1.69. The number of nitrogens with zero attached hydrogens (tertiary/aromatic N) is 1. The van der Waals surface area contributed by atoms with E-state index in [2.05, 4.69) is 17.0 Å². The van der Waals surface area contributed by atoms with Gasteiger partial charge in [-0.3, -0.25) is 4.90 Å². The van der Waals surface area contributed by atoms with Gasteiger partial charge in [0.2, 0.25) is 0 Å². The monoisotopic (exact) mass is 235 g/mol. The summed E-state index contributed by atoms with van der Waals surface area (Å²) in [5.41, 5.74) is 1.26. The standard InChI is InChI=1S/C14H21NO2/c1-17-14-6-4-12(5-7-14)10-13(11-16)15-8-2-3-9-15/h4-7,13,16H,2-3,8-11H2,1H3. The van der Waals surface area contributed by atoms with E-state index in [4.69, 9.17) is 4.74 Å². The first-order valence-electron chi connectivity index (χ1n) is 6.31. The molecule has 0 saturated carbocycles. The SMILES string of the molecule is COc1ccc(CC(CO)N2CCCC2)cc1. The zero-order valence-electron chi connectivity index (χ0n) is 10.4. The number of likely N-dealkylation sites (tertiary alicyclic amines) is 1. The minimum Gasteiger partial charge on any atom is -0.497 e. The second-order valence-electron chi connectivity index (χ2n) is 4.63. The molecule has 1 atom stereocenters. The molecule has 1 fully saturated rings. The van der Waals surface area contributed by atoms with Crippen molar-refractivity contribution in [1.82, 2.24) is 4.90 Å². The average molecular weight is 235 g/mol. The number of aliphatic hydroxyl groups excluding tert-OH is 1. The van der Waals surface area contributed by atoms with Crippen molar-refractivity contribution in [3.05, 3.63) is 29.8 Å². The van der Waals surface area contributed by atoms with E-state index in [1.807, 2.05) is 12.1 Å². The summed E-state index contributed by atoms with van der Waals surface area (Å²) in [6, 6.07) is 8.39. The van der Waals surface area contributed by atoms with Crippen LogP contribution in [-0.2, 0) is 6.42 Å². The van der Waals surface area contributed by atoms with E-state index in [-0.39, 0.29) is 12.6 Å². The van der Waals surface area contributed by atoms with Crippen LogP contribution in [0.3, 0.4) is 0 Å². The smallest absolute Gasteiger partial charge is 0.118 e. The number of ether oxygens (including phenoxy) is 1. The average Bonchev–Trinajstić information content (AvgIpc) is 2.90. The molecule has 0 radical (unpaired) electrons. The third-order valence-corrected chi connectivity index (χ3v) is 3.50. The maximum Gasteiger partial charge on any atom is 0.118 e. The molecule has 0 bridgehead atoms. The number of aliphatic hydroxyl groups is 1. The van der Waals surface area contributed by atoms with Crippen LogP contribution < -0.4 is 4.74 Å². The Morgan fingerprint density at radius 1 is 1.24 bits per heavy atom. The first kappa shape index (κ1) is 12.4. The quantitative estimate of drug-likeness (QED) is 0.843. The molecule has 1 unspecified atom stereocenters. The van der Waals surface area contributed by atoms with Gasteiger partial charge in [0.25, 0.3) is 0 Å². The molecule has 0 spiro atoms. The molecule has 17 heavy (non-hydrogen) atoms. The van der Waals surface area contributed by atoms with E-state index in [0.717, 1.165) is 25.3 Å². The Hall–Kier alpha value is -1.06. The number of hydrogen-bond donors (Lipinski definition) is 1. The van der Waals surface area contributed by atoms with Gasteiger partial charge in [0.15, 0.2) is 0 Å². The van der Waals surface area contributed by atoms with Gasteiger partial charge >= 0.3 is 0 Å². The fourth-order valence-electron chi connectivity index (χ4n) is 2.45. The highest BCUT2D eigenvalue weighted by molar-refractivity contribution is 5.27. The van der Waals surface area contributed by atoms with E-state index in [1.165, 1.54) is 18.4 Å². The normalized spacial score (nSPS) is 18.2. The molecule has 1 heterocycles. The summed E-state index contributed by atoms with van der Waals surface area (Å²) >= 11 is 0. The lowest BCUT2D eigenvalue weighted by Gasteiger charge is -2.25. The lowest BCUT2D eigenvalue weighted by atomic mass is 10.1. The molecule has 0 aliphatic carbocycles. The van der Waals surface area contributed by atoms with Gasteiger partial charge in [-0.1, -0.05) is 12.1 Å². The summed E-state index contributed by atoms with van der Waals surface area (Å²) in [7, 11) is 1.68. The van der Waals surface area contributed by atoms with E-state index in [0.29, 0.717) is 0 Å². The van der Waals surface area contributed by atoms with Crippen molar-refractivity contribution < 1.29 is 9.84 Å². The summed E-state index contributed by atoms with van der Waals surface area (Å²) in [4.78, 5) is 2.39. The topological polar surface area (TPSA) is 32.7 Å². The number of hydrogen-bond acceptors (Lipinski definition) is 3. The van der Waals surface area contributed by atoms with Crippen LogP contribution in [0.5, 0.6) is 5.75 Å². The molecule has 1 aromatic carbocycles. The zero-order chi connectivity index (χ0) is 12.1. The maximum atomic E-state index is 9.48. The second kappa shape index (κ2) is 6.03. The van der Waals surface area contributed by atoms with E-state index in [1.54, 1.807) is 7.11 Å². The first-order chi connectivity index (χ1) is 8.33. The summed E-state index contributed by atoms with van der Waals surface area (Å²) in [5, 5.41) is 9.48. The summed E-state index contributed by atoms with van der Waals surface area (Å²) < 4.78 is 5.14. The molecule has 94 valence electrons. The van der Waals surface area contributed by atoms with Crippen molar-refractivity contribution >= 4 is 0 Å². The van der Waals surface area contributed by atoms with Crippen molar-refractivity contribution in [2.45, 2.75) is 25.3 Å². The third kappa shape index (κ3) is 3.20. The van der Waals surface area contributed by atoms with Gasteiger partial charge < -0.3 is 9.84 Å². The molecule has 3 nitrogen and oxygen atoms in total. The first-order valence-corrected chi connectivity index (χ1v) is 6.31. The maximum absolute atomic E-state index is 9.48. The number of benzene rings is 1. The fraction of sp³-hybridized carbons (Fsp3) is 0.571. The third-order valence-electron chi connectivity index (χ3n) is 3.50. The molecule has 3 heteroatoms. The minimum atomic E-state index is 0.242. The summed E-state index contributed by atoms with van der Waals surface area (Å²) in [6.45, 7) is 2.49. The Bertz CT molecular complexity index is 331. The van der Waals surface area contributed by atoms with Crippen LogP contribution >= 0.6 is 0 Å². The highest BCUT2D eigenvalue weighted by Gasteiger charge is 2.21. The van der Waals surface area contributed by atoms with Gasteiger partial charge in [-0.25, -0.2) is 0 Å². The Kier molecular flexibility index (Phi) is 4.40. The van der Waals surface area contributed by atoms with Gasteiger partial charge in [-0.05, 0) is 50.0 Å². The van der Waals surface area contributed by atoms with Crippen molar-refractivity contribution in [2.75, 3.05) is 26.8 Å². The molecule has 1 aromatic rings. The lowest BCUT2D eigenvalue weighted by molar-refractivity contribution is 0.145. The van der Waals surface area contributed by atoms with Gasteiger partial charge in [0.05, 0.1) is 13.7 Å². The lowest BCUT2D eigenvalue weighted by Crippen LogP contribution is -2.37. The van der Waals surface area contributed by atoms with Gasteiger partial charge in [0, 0.05) is 6.04 Å². The molecule has 1 saturated heterocycles. The van der Waals surface area contributed by atoms with Crippen LogP contribution in [0.2, 0.25) is 0 Å². The Labute approximate surface area is 103 Å². The molecule has 1 N–H and O–H groups in total. The summed E-state index contributed by atoms with van der Waals surface area (Å²) in [6.07, 6.45) is 3.44. The Balaban J connectivity index is 1.96. The second-order valence-corrected chi connectivity index (χ2v) is 4.63. The molecular weight excluding hydrogens is 214 g/mol. The predicted molar refractivity (Wildman–Crippen MR) is 68.4 cm³/mol. The van der Waals surface area contributed by atoms with Crippen molar-refractivity contribution in [1.29, 1.82) is 0 Å². The molecule has 1 aliphatic rings. The van der Waals surface area contributed by atoms with Gasteiger partial charge in [0.1, 0.15) is 5.75 Å². The van der Waals surface area contributed by atoms with Crippen molar-refractivity contribution in [3.63, 3.8) is 0 Å². The fourth-order valence-corrected chi connectivity index (χ4v) is 2.45. The van der Waals surface area contributed by atoms with E-state index in [9.17, 15) is 5.11 Å². The Morgan fingerprint density at radius 2 is 1.88 bits per heavy atom. The van der Waals surface area contributed by atoms with Crippen molar-refractivity contribution in [3.8, 4) is 5.75 Å². The minimum absolute atomic E-state index is 0.242. The highest BCUT2D eigenvalue weighted by Crippen LogP contribution is 2.17. The van der Waals surface area contributed by atoms with Crippen LogP contribution in [0.4, 0.5) is 0 Å². The molecule has 2 rings (SSSR count). The molecule has 1 aliphatic heterocycles. The highest BCUT2D eigenvalue weighted by atomic mass is 16.5. The van der Waals surface area contributed by atoms with Crippen molar-refractivity contribution in [2.24, 2.45) is 0 Å². The van der Waals surface area contributed by atoms with Crippen LogP contribution in [0.1, 0.15) is 18.4 Å². The molecule has 0 aromatic heterocycles. The number of rotatable bonds is 5. The van der Waals surface area contributed by atoms with Crippen LogP contribution in [0.15, 0.2) is 24.3 Å². The number of methoxy groups -OCH3 is 1. The molecular formula is C14H21NO2. The van der Waals surface area contributed by atoms with Crippen LogP contribution in [0.25, 0.3) is 0 Å². The van der Waals surface area contributed by atoms with Crippen LogP contribution in [0, 0.1) is 0 Å². The van der Waals surface area contributed by atoms with E-state index < -0.39 is 0 Å². The summed E-state index contributed by atoms with van der Waals surface area (Å²) in [5.74, 6) is 0.885. The largest absolute Gasteiger partial charge is 0.497 e. The van der Waals surface area contributed by atoms with Crippen LogP contribution in [-0.4, -0.2) is 42.9 Å². The zero-order valence-corrected chi connectivity index (χ0v) is 10.4. The Morgan fingerprint density at radius 3 is 2.41 bits per heavy atom.